The van der Waals surface area contributed by atoms with Gasteiger partial charge in [0, 0.05) is 11.2 Å². The van der Waals surface area contributed by atoms with Gasteiger partial charge in [0.1, 0.15) is 6.54 Å². The first-order valence-corrected chi connectivity index (χ1v) is 11.0. The van der Waals surface area contributed by atoms with Crippen LogP contribution in [0.15, 0.2) is 53.4 Å². The molecule has 9 heteroatoms. The van der Waals surface area contributed by atoms with Crippen molar-refractivity contribution in [2.24, 2.45) is 0 Å². The fourth-order valence-corrected chi connectivity index (χ4v) is 4.18. The monoisotopic (exact) mass is 443 g/mol. The largest absolute Gasteiger partial charge is 0.452 e. The van der Waals surface area contributed by atoms with Crippen LogP contribution in [0.3, 0.4) is 0 Å². The second-order valence-corrected chi connectivity index (χ2v) is 9.56. The van der Waals surface area contributed by atoms with Crippen molar-refractivity contribution < 1.29 is 22.7 Å². The molecule has 0 spiro atoms. The molecule has 0 atom stereocenters. The molecular formula is C22H25N3O5S. The highest BCUT2D eigenvalue weighted by Gasteiger charge is 2.24. The highest BCUT2D eigenvalue weighted by atomic mass is 32.2. The number of nitriles is 1. The van der Waals surface area contributed by atoms with Crippen molar-refractivity contribution in [1.82, 2.24) is 4.72 Å². The second-order valence-electron chi connectivity index (χ2n) is 7.88. The first kappa shape index (κ1) is 24.1. The number of ether oxygens (including phenoxy) is 1. The van der Waals surface area contributed by atoms with E-state index in [1.54, 1.807) is 58.0 Å². The molecule has 0 heterocycles. The molecule has 2 aromatic carbocycles. The lowest BCUT2D eigenvalue weighted by molar-refractivity contribution is -0.121. The minimum atomic E-state index is -3.85. The summed E-state index contributed by atoms with van der Waals surface area (Å²) in [7, 11) is -3.85. The number of aryl methyl sites for hydroxylation is 1. The van der Waals surface area contributed by atoms with Crippen molar-refractivity contribution in [2.75, 3.05) is 18.1 Å². The average molecular weight is 444 g/mol. The van der Waals surface area contributed by atoms with Crippen LogP contribution >= 0.6 is 0 Å². The first-order chi connectivity index (χ1) is 14.4. The molecule has 1 N–H and O–H groups in total. The lowest BCUT2D eigenvalue weighted by atomic mass is 10.1. The van der Waals surface area contributed by atoms with Crippen LogP contribution in [-0.2, 0) is 19.6 Å². The fraction of sp³-hybridized carbons (Fsp3) is 0.318. The summed E-state index contributed by atoms with van der Waals surface area (Å²) in [6, 6.07) is 14.6. The summed E-state index contributed by atoms with van der Waals surface area (Å²) >= 11 is 0. The molecule has 0 aromatic heterocycles. The number of benzene rings is 2. The first-order valence-electron chi connectivity index (χ1n) is 9.49. The Morgan fingerprint density at radius 2 is 1.77 bits per heavy atom. The van der Waals surface area contributed by atoms with Crippen LogP contribution in [-0.4, -0.2) is 39.0 Å². The van der Waals surface area contributed by atoms with E-state index in [1.807, 2.05) is 6.07 Å². The molecule has 0 aliphatic heterocycles. The summed E-state index contributed by atoms with van der Waals surface area (Å²) in [5, 5.41) is 9.01. The number of carbonyl (C=O) groups excluding carboxylic acids is 2. The number of nitrogens with zero attached hydrogens (tertiary/aromatic N) is 2. The zero-order chi connectivity index (χ0) is 23.2. The van der Waals surface area contributed by atoms with E-state index in [1.165, 1.54) is 23.1 Å². The van der Waals surface area contributed by atoms with E-state index in [2.05, 4.69) is 4.72 Å². The van der Waals surface area contributed by atoms with Gasteiger partial charge in [-0.2, -0.15) is 5.26 Å². The van der Waals surface area contributed by atoms with Gasteiger partial charge in [-0.25, -0.2) is 17.9 Å². The predicted molar refractivity (Wildman–Crippen MR) is 116 cm³/mol. The van der Waals surface area contributed by atoms with Gasteiger partial charge < -0.3 is 4.74 Å². The molecule has 0 bridgehead atoms. The second kappa shape index (κ2) is 9.73. The number of anilines is 1. The third-order valence-electron chi connectivity index (χ3n) is 4.10. The molecular weight excluding hydrogens is 418 g/mol. The van der Waals surface area contributed by atoms with Crippen LogP contribution in [0.5, 0.6) is 0 Å². The quantitative estimate of drug-likeness (QED) is 0.519. The predicted octanol–water partition coefficient (Wildman–Crippen LogP) is 2.79. The maximum atomic E-state index is 12.6. The summed E-state index contributed by atoms with van der Waals surface area (Å²) < 4.78 is 32.8. The molecule has 0 saturated heterocycles. The Labute approximate surface area is 182 Å². The molecule has 31 heavy (non-hydrogen) atoms. The maximum Gasteiger partial charge on any atom is 0.338 e. The van der Waals surface area contributed by atoms with Crippen molar-refractivity contribution in [1.29, 1.82) is 5.26 Å². The molecule has 164 valence electrons. The molecule has 2 rings (SSSR count). The van der Waals surface area contributed by atoms with E-state index in [-0.39, 0.29) is 17.0 Å². The van der Waals surface area contributed by atoms with E-state index in [0.29, 0.717) is 11.3 Å². The van der Waals surface area contributed by atoms with Gasteiger partial charge in [0.2, 0.25) is 10.0 Å². The smallest absolute Gasteiger partial charge is 0.338 e. The van der Waals surface area contributed by atoms with Gasteiger partial charge in [-0.15, -0.1) is 0 Å². The third kappa shape index (κ3) is 6.64. The molecule has 0 aliphatic carbocycles. The number of rotatable bonds is 7. The van der Waals surface area contributed by atoms with Crippen LogP contribution in [0.4, 0.5) is 5.69 Å². The molecule has 8 nitrogen and oxygen atoms in total. The van der Waals surface area contributed by atoms with Crippen molar-refractivity contribution in [2.45, 2.75) is 38.1 Å². The third-order valence-corrected chi connectivity index (χ3v) is 5.86. The minimum Gasteiger partial charge on any atom is -0.452 e. The summed E-state index contributed by atoms with van der Waals surface area (Å²) in [6.45, 7) is 5.97. The zero-order valence-corrected chi connectivity index (χ0v) is 18.7. The average Bonchev–Trinajstić information content (AvgIpc) is 2.69. The molecule has 1 amide bonds. The molecule has 0 saturated carbocycles. The highest BCUT2D eigenvalue weighted by molar-refractivity contribution is 7.89. The lowest BCUT2D eigenvalue weighted by Gasteiger charge is -2.21. The minimum absolute atomic E-state index is 0.0381. The number of amides is 1. The van der Waals surface area contributed by atoms with Gasteiger partial charge in [0.25, 0.3) is 5.91 Å². The van der Waals surface area contributed by atoms with Gasteiger partial charge >= 0.3 is 5.97 Å². The standard InChI is InChI=1S/C22H25N3O5S/c1-16-10-11-18(31(28,29)24-22(2,3)4)14-19(16)21(27)30-15-20(26)25(13-12-23)17-8-6-5-7-9-17/h5-11,14,24H,13,15H2,1-4H3. The van der Waals surface area contributed by atoms with Crippen LogP contribution < -0.4 is 9.62 Å². The SMILES string of the molecule is Cc1ccc(S(=O)(=O)NC(C)(C)C)cc1C(=O)OCC(=O)N(CC#N)c1ccccc1. The lowest BCUT2D eigenvalue weighted by Crippen LogP contribution is -2.40. The molecule has 0 aliphatic rings. The summed E-state index contributed by atoms with van der Waals surface area (Å²) in [6.07, 6.45) is 0. The van der Waals surface area contributed by atoms with Gasteiger partial charge in [-0.1, -0.05) is 24.3 Å². The van der Waals surface area contributed by atoms with Gasteiger partial charge in [0.05, 0.1) is 16.5 Å². The van der Waals surface area contributed by atoms with E-state index >= 15 is 0 Å². The molecule has 2 aromatic rings. The number of carbonyl (C=O) groups is 2. The number of hydrogen-bond acceptors (Lipinski definition) is 6. The Bertz CT molecular complexity index is 1100. The fourth-order valence-electron chi connectivity index (χ4n) is 2.74. The Morgan fingerprint density at radius 1 is 1.13 bits per heavy atom. The molecule has 0 radical (unpaired) electrons. The summed E-state index contributed by atoms with van der Waals surface area (Å²) in [5.74, 6) is -1.40. The summed E-state index contributed by atoms with van der Waals surface area (Å²) in [4.78, 5) is 26.2. The van der Waals surface area contributed by atoms with E-state index in [4.69, 9.17) is 10.00 Å². The topological polar surface area (TPSA) is 117 Å². The molecule has 0 unspecified atom stereocenters. The van der Waals surface area contributed by atoms with Crippen LogP contribution in [0.2, 0.25) is 0 Å². The van der Waals surface area contributed by atoms with Crippen molar-refractivity contribution in [3.63, 3.8) is 0 Å². The zero-order valence-electron chi connectivity index (χ0n) is 17.9. The highest BCUT2D eigenvalue weighted by Crippen LogP contribution is 2.19. The Hall–Kier alpha value is -3.22. The van der Waals surface area contributed by atoms with Crippen molar-refractivity contribution in [3.05, 3.63) is 59.7 Å². The van der Waals surface area contributed by atoms with Crippen LogP contribution in [0.1, 0.15) is 36.7 Å². The van der Waals surface area contributed by atoms with Gasteiger partial charge in [-0.05, 0) is 57.5 Å². The van der Waals surface area contributed by atoms with Crippen molar-refractivity contribution in [3.8, 4) is 6.07 Å². The number of esters is 1. The Kier molecular flexibility index (Phi) is 7.55. The number of sulfonamides is 1. The van der Waals surface area contributed by atoms with Crippen LogP contribution in [0.25, 0.3) is 0 Å². The number of nitrogens with one attached hydrogen (secondary N) is 1. The van der Waals surface area contributed by atoms with E-state index in [9.17, 15) is 18.0 Å². The van der Waals surface area contributed by atoms with Gasteiger partial charge in [-0.3, -0.25) is 9.69 Å². The maximum absolute atomic E-state index is 12.6. The van der Waals surface area contributed by atoms with E-state index in [0.717, 1.165) is 0 Å². The van der Waals surface area contributed by atoms with Crippen LogP contribution in [0, 0.1) is 18.3 Å². The number of para-hydroxylation sites is 1. The van der Waals surface area contributed by atoms with Gasteiger partial charge in [0.15, 0.2) is 6.61 Å². The normalized spacial score (nSPS) is 11.5. The molecule has 0 fully saturated rings. The van der Waals surface area contributed by atoms with Crippen molar-refractivity contribution >= 4 is 27.6 Å². The summed E-state index contributed by atoms with van der Waals surface area (Å²) in [5.41, 5.74) is 0.348. The van der Waals surface area contributed by atoms with E-state index < -0.39 is 34.0 Å². The number of hydrogen-bond donors (Lipinski definition) is 1. The Balaban J connectivity index is 2.18. The Morgan fingerprint density at radius 3 is 2.35 bits per heavy atom.